The van der Waals surface area contributed by atoms with Crippen molar-refractivity contribution in [3.63, 3.8) is 0 Å². The Morgan fingerprint density at radius 3 is 2.32 bits per heavy atom. The zero-order valence-corrected chi connectivity index (χ0v) is 19.5. The second kappa shape index (κ2) is 9.52. The van der Waals surface area contributed by atoms with Crippen LogP contribution in [0.1, 0.15) is 17.4 Å². The lowest BCUT2D eigenvalue weighted by Crippen LogP contribution is -2.52. The van der Waals surface area contributed by atoms with Gasteiger partial charge < -0.3 is 23.8 Å². The molecule has 0 N–H and O–H groups in total. The summed E-state index contributed by atoms with van der Waals surface area (Å²) in [5.41, 5.74) is 1.37. The average molecular weight is 505 g/mol. The quantitative estimate of drug-likeness (QED) is 0.265. The van der Waals surface area contributed by atoms with Gasteiger partial charge in [0.15, 0.2) is 12.6 Å². The highest BCUT2D eigenvalue weighted by Gasteiger charge is 2.66. The van der Waals surface area contributed by atoms with Crippen LogP contribution in [0.5, 0.6) is 0 Å². The van der Waals surface area contributed by atoms with Crippen LogP contribution < -0.4 is 4.90 Å². The number of benzene rings is 3. The molecule has 0 bridgehead atoms. The fourth-order valence-corrected chi connectivity index (χ4v) is 5.12. The van der Waals surface area contributed by atoms with Gasteiger partial charge in [0.1, 0.15) is 23.9 Å². The van der Waals surface area contributed by atoms with Crippen LogP contribution >= 0.6 is 0 Å². The zero-order chi connectivity index (χ0) is 25.5. The van der Waals surface area contributed by atoms with E-state index < -0.39 is 34.6 Å². The first-order valence-corrected chi connectivity index (χ1v) is 11.9. The summed E-state index contributed by atoms with van der Waals surface area (Å²) >= 11 is 0. The summed E-state index contributed by atoms with van der Waals surface area (Å²) in [5.74, 6) is 0. The summed E-state index contributed by atoms with van der Waals surface area (Å²) in [5, 5.41) is 23.1. The predicted octanol–water partition coefficient (Wildman–Crippen LogP) is 4.12. The number of ether oxygens (including phenoxy) is 4. The number of nitro benzene ring substituents is 2. The number of hydrogen-bond donors (Lipinski definition) is 0. The maximum atomic E-state index is 11.9. The predicted molar refractivity (Wildman–Crippen MR) is 130 cm³/mol. The van der Waals surface area contributed by atoms with Gasteiger partial charge in [-0.3, -0.25) is 20.2 Å². The minimum atomic E-state index is -0.707. The van der Waals surface area contributed by atoms with Gasteiger partial charge in [-0.05, 0) is 11.6 Å². The lowest BCUT2D eigenvalue weighted by Gasteiger charge is -2.40. The maximum Gasteiger partial charge on any atom is 0.299 e. The molecule has 3 aromatic rings. The van der Waals surface area contributed by atoms with E-state index in [1.54, 1.807) is 0 Å². The molecule has 11 nitrogen and oxygen atoms in total. The molecule has 1 unspecified atom stereocenters. The first kappa shape index (κ1) is 23.5. The SMILES string of the molecule is O=[N+]([O-])c1ccc(N2[C@@H]3[C@@H]4OC(c5ccccc5)OC[C@H]4O[C@H](OCc4ccccc4)[C@@H]32)c([N+](=O)[O-])c1. The van der Waals surface area contributed by atoms with Gasteiger partial charge in [0.05, 0.1) is 35.2 Å². The van der Waals surface area contributed by atoms with Gasteiger partial charge in [-0.1, -0.05) is 60.7 Å². The molecule has 0 spiro atoms. The molecule has 6 atom stereocenters. The van der Waals surface area contributed by atoms with Gasteiger partial charge in [-0.15, -0.1) is 0 Å². The average Bonchev–Trinajstić information content (AvgIpc) is 3.68. The van der Waals surface area contributed by atoms with Crippen molar-refractivity contribution in [3.8, 4) is 0 Å². The number of fused-ring (bicyclic) bond motifs is 3. The minimum Gasteiger partial charge on any atom is -0.348 e. The van der Waals surface area contributed by atoms with Crippen LogP contribution in [0.3, 0.4) is 0 Å². The lowest BCUT2D eigenvalue weighted by molar-refractivity contribution is -0.393. The molecular formula is C26H23N3O8. The third kappa shape index (κ3) is 4.42. The fraction of sp³-hybridized carbons (Fsp3) is 0.308. The Hall–Kier alpha value is -3.90. The number of rotatable bonds is 7. The summed E-state index contributed by atoms with van der Waals surface area (Å²) in [7, 11) is 0. The molecule has 3 aromatic carbocycles. The highest BCUT2D eigenvalue weighted by molar-refractivity contribution is 5.72. The molecule has 3 heterocycles. The summed E-state index contributed by atoms with van der Waals surface area (Å²) in [4.78, 5) is 23.7. The van der Waals surface area contributed by atoms with Crippen molar-refractivity contribution in [2.75, 3.05) is 11.5 Å². The Morgan fingerprint density at radius 2 is 1.62 bits per heavy atom. The second-order valence-corrected chi connectivity index (χ2v) is 9.09. The third-order valence-electron chi connectivity index (χ3n) is 6.86. The summed E-state index contributed by atoms with van der Waals surface area (Å²) < 4.78 is 24.7. The van der Waals surface area contributed by atoms with Crippen molar-refractivity contribution in [3.05, 3.63) is 110 Å². The first-order chi connectivity index (χ1) is 18.0. The number of hydrogen-bond acceptors (Lipinski definition) is 9. The Morgan fingerprint density at radius 1 is 0.892 bits per heavy atom. The molecule has 0 radical (unpaired) electrons. The van der Waals surface area contributed by atoms with Gasteiger partial charge in [-0.2, -0.15) is 0 Å². The minimum absolute atomic E-state index is 0.259. The molecule has 6 rings (SSSR count). The topological polar surface area (TPSA) is 126 Å². The summed E-state index contributed by atoms with van der Waals surface area (Å²) in [6, 6.07) is 22.1. The summed E-state index contributed by atoms with van der Waals surface area (Å²) in [6.07, 6.45) is -2.22. The van der Waals surface area contributed by atoms with Gasteiger partial charge >= 0.3 is 0 Å². The molecular weight excluding hydrogens is 482 g/mol. The van der Waals surface area contributed by atoms with E-state index in [0.717, 1.165) is 17.2 Å². The number of nitro groups is 2. The van der Waals surface area contributed by atoms with E-state index in [9.17, 15) is 20.2 Å². The third-order valence-corrected chi connectivity index (χ3v) is 6.86. The smallest absolute Gasteiger partial charge is 0.299 e. The maximum absolute atomic E-state index is 11.9. The van der Waals surface area contributed by atoms with E-state index in [1.165, 1.54) is 12.1 Å². The van der Waals surface area contributed by atoms with Crippen molar-refractivity contribution in [1.29, 1.82) is 0 Å². The fourth-order valence-electron chi connectivity index (χ4n) is 5.12. The highest BCUT2D eigenvalue weighted by atomic mass is 16.7. The van der Waals surface area contributed by atoms with E-state index in [-0.39, 0.29) is 42.4 Å². The van der Waals surface area contributed by atoms with Crippen LogP contribution in [-0.2, 0) is 25.6 Å². The summed E-state index contributed by atoms with van der Waals surface area (Å²) in [6.45, 7) is 0.547. The Labute approximate surface area is 211 Å². The Kier molecular flexibility index (Phi) is 6.05. The molecule has 3 aliphatic rings. The van der Waals surface area contributed by atoms with Crippen LogP contribution in [0.2, 0.25) is 0 Å². The largest absolute Gasteiger partial charge is 0.348 e. The molecule has 11 heteroatoms. The molecule has 3 saturated heterocycles. The molecule has 190 valence electrons. The standard InChI is InChI=1S/C26H23N3O8/c30-28(31)18-11-12-19(20(13-18)29(32)33)27-22-23(27)26(34-14-16-7-3-1-4-8-16)36-21-15-35-25(37-24(21)22)17-9-5-2-6-10-17/h1-13,21-26H,14-15H2/t21-,22+,23-,24-,25?,26+,27?/m1/s1. The van der Waals surface area contributed by atoms with Crippen LogP contribution in [-0.4, -0.2) is 47.0 Å². The second-order valence-electron chi connectivity index (χ2n) is 9.09. The lowest BCUT2D eigenvalue weighted by atomic mass is 10.0. The van der Waals surface area contributed by atoms with Gasteiger partial charge in [0, 0.05) is 11.6 Å². The number of nitrogens with zero attached hydrogens (tertiary/aromatic N) is 3. The van der Waals surface area contributed by atoms with Crippen molar-refractivity contribution in [1.82, 2.24) is 0 Å². The Balaban J connectivity index is 1.31. The van der Waals surface area contributed by atoms with Crippen LogP contribution in [0.25, 0.3) is 0 Å². The van der Waals surface area contributed by atoms with Crippen molar-refractivity contribution in [2.45, 2.75) is 43.5 Å². The van der Waals surface area contributed by atoms with Gasteiger partial charge in [-0.25, -0.2) is 0 Å². The molecule has 37 heavy (non-hydrogen) atoms. The van der Waals surface area contributed by atoms with Crippen LogP contribution in [0.4, 0.5) is 17.1 Å². The molecule has 0 saturated carbocycles. The van der Waals surface area contributed by atoms with E-state index in [4.69, 9.17) is 18.9 Å². The van der Waals surface area contributed by atoms with E-state index in [2.05, 4.69) is 0 Å². The van der Waals surface area contributed by atoms with Crippen LogP contribution in [0, 0.1) is 20.2 Å². The monoisotopic (exact) mass is 505 g/mol. The first-order valence-electron chi connectivity index (χ1n) is 11.9. The van der Waals surface area contributed by atoms with E-state index in [0.29, 0.717) is 0 Å². The molecule has 0 aliphatic carbocycles. The molecule has 0 aromatic heterocycles. The van der Waals surface area contributed by atoms with E-state index >= 15 is 0 Å². The zero-order valence-electron chi connectivity index (χ0n) is 19.5. The van der Waals surface area contributed by atoms with Gasteiger partial charge in [0.25, 0.3) is 11.4 Å². The molecule has 3 aliphatic heterocycles. The molecule has 3 fully saturated rings. The number of anilines is 1. The molecule has 0 amide bonds. The van der Waals surface area contributed by atoms with Crippen molar-refractivity contribution >= 4 is 17.1 Å². The van der Waals surface area contributed by atoms with Crippen LogP contribution in [0.15, 0.2) is 78.9 Å². The van der Waals surface area contributed by atoms with Crippen molar-refractivity contribution < 1.29 is 28.8 Å². The van der Waals surface area contributed by atoms with Gasteiger partial charge in [0.2, 0.25) is 0 Å². The Bertz CT molecular complexity index is 1310. The normalized spacial score (nSPS) is 28.2. The number of non-ortho nitro benzene ring substituents is 1. The van der Waals surface area contributed by atoms with E-state index in [1.807, 2.05) is 65.6 Å². The van der Waals surface area contributed by atoms with Crippen molar-refractivity contribution in [2.24, 2.45) is 0 Å². The highest BCUT2D eigenvalue weighted by Crippen LogP contribution is 2.51.